The number of nitrogens with one attached hydrogen (secondary N) is 1. The van der Waals surface area contributed by atoms with Gasteiger partial charge in [0, 0.05) is 36.8 Å². The zero-order valence-corrected chi connectivity index (χ0v) is 16.6. The van der Waals surface area contributed by atoms with Crippen LogP contribution >= 0.6 is 11.6 Å². The number of hydrogen-bond donors (Lipinski definition) is 2. The van der Waals surface area contributed by atoms with Gasteiger partial charge in [-0.2, -0.15) is 0 Å². The Morgan fingerprint density at radius 1 is 1.28 bits per heavy atom. The summed E-state index contributed by atoms with van der Waals surface area (Å²) in [4.78, 5) is 22.0. The van der Waals surface area contributed by atoms with Crippen LogP contribution in [0, 0.1) is 0 Å². The summed E-state index contributed by atoms with van der Waals surface area (Å²) in [5.41, 5.74) is 2.04. The van der Waals surface area contributed by atoms with Crippen molar-refractivity contribution in [3.63, 3.8) is 0 Å². The highest BCUT2D eigenvalue weighted by molar-refractivity contribution is 6.34. The summed E-state index contributed by atoms with van der Waals surface area (Å²) in [5, 5.41) is 14.9. The van der Waals surface area contributed by atoms with E-state index in [0.717, 1.165) is 11.4 Å². The van der Waals surface area contributed by atoms with Crippen molar-refractivity contribution in [1.82, 2.24) is 15.1 Å². The zero-order valence-electron chi connectivity index (χ0n) is 15.9. The van der Waals surface area contributed by atoms with Gasteiger partial charge in [-0.15, -0.1) is 0 Å². The fourth-order valence-corrected chi connectivity index (χ4v) is 3.32. The molecule has 8 nitrogen and oxygen atoms in total. The number of hydrogen-bond acceptors (Lipinski definition) is 7. The van der Waals surface area contributed by atoms with Gasteiger partial charge in [0.2, 0.25) is 17.4 Å². The minimum absolute atomic E-state index is 0.0495. The van der Waals surface area contributed by atoms with E-state index in [1.54, 1.807) is 18.3 Å². The number of aromatic nitrogens is 3. The number of anilines is 1. The first-order valence-electron chi connectivity index (χ1n) is 8.62. The van der Waals surface area contributed by atoms with Crippen molar-refractivity contribution in [1.29, 1.82) is 0 Å². The van der Waals surface area contributed by atoms with Crippen molar-refractivity contribution in [2.45, 2.75) is 0 Å². The van der Waals surface area contributed by atoms with Crippen LogP contribution in [-0.4, -0.2) is 47.2 Å². The molecule has 0 saturated heterocycles. The lowest BCUT2D eigenvalue weighted by atomic mass is 10.0. The number of carbonyl (C=O) groups is 1. The van der Waals surface area contributed by atoms with Gasteiger partial charge in [-0.05, 0) is 29.4 Å². The Balaban J connectivity index is 1.83. The van der Waals surface area contributed by atoms with Gasteiger partial charge >= 0.3 is 0 Å². The first-order chi connectivity index (χ1) is 13.9. The lowest BCUT2D eigenvalue weighted by Crippen LogP contribution is -2.09. The molecule has 0 unspecified atom stereocenters. The van der Waals surface area contributed by atoms with Gasteiger partial charge in [0.25, 0.3) is 5.88 Å². The number of fused-ring (bicyclic) bond motifs is 1. The van der Waals surface area contributed by atoms with E-state index in [-0.39, 0.29) is 23.1 Å². The number of H-pyrrole nitrogens is 1. The van der Waals surface area contributed by atoms with E-state index < -0.39 is 5.78 Å². The van der Waals surface area contributed by atoms with E-state index in [1.807, 2.05) is 31.1 Å². The van der Waals surface area contributed by atoms with Crippen LogP contribution in [0.25, 0.3) is 22.0 Å². The molecule has 0 aliphatic rings. The summed E-state index contributed by atoms with van der Waals surface area (Å²) in [6.45, 7) is 0. The molecule has 2 N–H and O–H groups in total. The molecule has 0 spiro atoms. The summed E-state index contributed by atoms with van der Waals surface area (Å²) in [7, 11) is 5.22. The minimum atomic E-state index is -0.529. The van der Waals surface area contributed by atoms with Crippen LogP contribution in [0.1, 0.15) is 16.1 Å². The topological polar surface area (TPSA) is 104 Å². The van der Waals surface area contributed by atoms with E-state index in [9.17, 15) is 9.90 Å². The van der Waals surface area contributed by atoms with E-state index in [0.29, 0.717) is 21.5 Å². The SMILES string of the molecule is COc1cc(C(=O)c2c(O)[nH]c3cc(Cl)c(-c4ccc(N(C)C)nc4)cc23)on1. The summed E-state index contributed by atoms with van der Waals surface area (Å²) in [6.07, 6.45) is 1.71. The Hall–Kier alpha value is -3.52. The Bertz CT molecular complexity index is 1210. The van der Waals surface area contributed by atoms with Crippen molar-refractivity contribution in [3.8, 4) is 22.9 Å². The molecular formula is C20H17ClN4O4. The average molecular weight is 413 g/mol. The zero-order chi connectivity index (χ0) is 20.7. The molecule has 4 aromatic rings. The third kappa shape index (κ3) is 3.27. The van der Waals surface area contributed by atoms with Gasteiger partial charge in [-0.3, -0.25) is 4.79 Å². The number of methoxy groups -OCH3 is 1. The van der Waals surface area contributed by atoms with Gasteiger partial charge in [0.15, 0.2) is 0 Å². The maximum Gasteiger partial charge on any atom is 0.254 e. The molecule has 148 valence electrons. The lowest BCUT2D eigenvalue weighted by molar-refractivity contribution is 0.0999. The van der Waals surface area contributed by atoms with Gasteiger partial charge in [-0.1, -0.05) is 11.6 Å². The van der Waals surface area contributed by atoms with Gasteiger partial charge in [0.05, 0.1) is 29.3 Å². The van der Waals surface area contributed by atoms with E-state index in [2.05, 4.69) is 15.1 Å². The van der Waals surface area contributed by atoms with Crippen LogP contribution in [0.5, 0.6) is 11.8 Å². The smallest absolute Gasteiger partial charge is 0.254 e. The monoisotopic (exact) mass is 412 g/mol. The highest BCUT2D eigenvalue weighted by atomic mass is 35.5. The van der Waals surface area contributed by atoms with Gasteiger partial charge in [-0.25, -0.2) is 4.98 Å². The highest BCUT2D eigenvalue weighted by Gasteiger charge is 2.25. The standard InChI is InChI=1S/C20H17ClN4O4/c1-25(2)16-5-4-10(9-22-16)11-6-12-14(7-13(11)21)23-20(27)18(12)19(26)15-8-17(28-3)24-29-15/h4-9,23,27H,1-3H3. The molecule has 0 amide bonds. The Morgan fingerprint density at radius 3 is 2.69 bits per heavy atom. The molecule has 1 aromatic carbocycles. The minimum Gasteiger partial charge on any atom is -0.494 e. The first-order valence-corrected chi connectivity index (χ1v) is 9.00. The maximum absolute atomic E-state index is 12.9. The quantitative estimate of drug-likeness (QED) is 0.479. The van der Waals surface area contributed by atoms with Crippen molar-refractivity contribution < 1.29 is 19.2 Å². The van der Waals surface area contributed by atoms with Crippen LogP contribution in [0.2, 0.25) is 5.02 Å². The number of aromatic amines is 1. The van der Waals surface area contributed by atoms with Crippen molar-refractivity contribution in [2.24, 2.45) is 0 Å². The van der Waals surface area contributed by atoms with E-state index in [1.165, 1.54) is 13.2 Å². The van der Waals surface area contributed by atoms with Crippen LogP contribution in [0.4, 0.5) is 5.82 Å². The molecule has 0 radical (unpaired) electrons. The second-order valence-electron chi connectivity index (χ2n) is 6.59. The summed E-state index contributed by atoms with van der Waals surface area (Å²) >= 11 is 6.45. The number of rotatable bonds is 5. The number of nitrogens with zero attached hydrogens (tertiary/aromatic N) is 3. The van der Waals surface area contributed by atoms with Crippen molar-refractivity contribution >= 4 is 34.1 Å². The molecule has 0 fully saturated rings. The predicted octanol–water partition coefficient (Wildman–Crippen LogP) is 3.88. The number of halogens is 1. The van der Waals surface area contributed by atoms with Crippen molar-refractivity contribution in [3.05, 3.63) is 52.9 Å². The summed E-state index contributed by atoms with van der Waals surface area (Å²) in [5.74, 6) is 0.115. The molecule has 0 aliphatic carbocycles. The summed E-state index contributed by atoms with van der Waals surface area (Å²) < 4.78 is 9.97. The number of pyridine rings is 1. The predicted molar refractivity (Wildman–Crippen MR) is 109 cm³/mol. The van der Waals surface area contributed by atoms with Crippen LogP contribution in [-0.2, 0) is 0 Å². The fourth-order valence-electron chi connectivity index (χ4n) is 3.05. The molecular weight excluding hydrogens is 396 g/mol. The van der Waals surface area contributed by atoms with E-state index in [4.69, 9.17) is 20.9 Å². The van der Waals surface area contributed by atoms with Gasteiger partial charge < -0.3 is 24.3 Å². The molecule has 0 bridgehead atoms. The Kier molecular flexibility index (Phi) is 4.63. The van der Waals surface area contributed by atoms with E-state index >= 15 is 0 Å². The summed E-state index contributed by atoms with van der Waals surface area (Å²) in [6, 6.07) is 8.52. The number of ketones is 1. The van der Waals surface area contributed by atoms with Crippen LogP contribution in [0.3, 0.4) is 0 Å². The molecule has 9 heteroatoms. The number of ether oxygens (including phenoxy) is 1. The third-order valence-electron chi connectivity index (χ3n) is 4.53. The molecule has 3 aromatic heterocycles. The third-order valence-corrected chi connectivity index (χ3v) is 4.84. The first kappa shape index (κ1) is 18.8. The maximum atomic E-state index is 12.9. The number of aromatic hydroxyl groups is 1. The molecule has 4 rings (SSSR count). The van der Waals surface area contributed by atoms with Crippen LogP contribution in [0.15, 0.2) is 41.1 Å². The fraction of sp³-hybridized carbons (Fsp3) is 0.150. The van der Waals surface area contributed by atoms with Gasteiger partial charge in [0.1, 0.15) is 5.82 Å². The Morgan fingerprint density at radius 2 is 2.07 bits per heavy atom. The molecule has 0 aliphatic heterocycles. The second-order valence-corrected chi connectivity index (χ2v) is 7.00. The molecule has 0 saturated carbocycles. The van der Waals surface area contributed by atoms with Crippen LogP contribution < -0.4 is 9.64 Å². The number of benzene rings is 1. The van der Waals surface area contributed by atoms with Crippen molar-refractivity contribution in [2.75, 3.05) is 26.1 Å². The Labute approximate surface area is 170 Å². The molecule has 29 heavy (non-hydrogen) atoms. The normalized spacial score (nSPS) is 11.0. The second kappa shape index (κ2) is 7.14. The number of carbonyl (C=O) groups excluding carboxylic acids is 1. The molecule has 3 heterocycles. The largest absolute Gasteiger partial charge is 0.494 e. The lowest BCUT2D eigenvalue weighted by Gasteiger charge is -2.12. The molecule has 0 atom stereocenters. The highest BCUT2D eigenvalue weighted by Crippen LogP contribution is 2.37. The average Bonchev–Trinajstić information content (AvgIpc) is 3.30.